The molecule has 0 radical (unpaired) electrons. The van der Waals surface area contributed by atoms with Crippen molar-refractivity contribution >= 4 is 22.6 Å². The van der Waals surface area contributed by atoms with E-state index in [1.807, 2.05) is 6.07 Å². The summed E-state index contributed by atoms with van der Waals surface area (Å²) in [5.74, 6) is 0. The molecule has 0 aliphatic heterocycles. The molecule has 94 valence electrons. The number of anilines is 1. The fourth-order valence-electron chi connectivity index (χ4n) is 2.55. The van der Waals surface area contributed by atoms with E-state index in [0.29, 0.717) is 11.5 Å². The number of hydrogen-bond donors (Lipinski definition) is 0. The highest BCUT2D eigenvalue weighted by Crippen LogP contribution is 2.38. The smallest absolute Gasteiger partial charge is 0.160 e. The Kier molecular flexibility index (Phi) is 3.57. The van der Waals surface area contributed by atoms with Crippen LogP contribution in [0.2, 0.25) is 0 Å². The van der Waals surface area contributed by atoms with Gasteiger partial charge < -0.3 is 4.90 Å². The van der Waals surface area contributed by atoms with Crippen molar-refractivity contribution in [3.05, 3.63) is 17.0 Å². The van der Waals surface area contributed by atoms with Crippen molar-refractivity contribution in [2.24, 2.45) is 5.41 Å². The summed E-state index contributed by atoms with van der Waals surface area (Å²) in [7, 11) is 2.16. The van der Waals surface area contributed by atoms with Crippen molar-refractivity contribution in [2.45, 2.75) is 45.6 Å². The van der Waals surface area contributed by atoms with Gasteiger partial charge in [-0.25, -0.2) is 0 Å². The van der Waals surface area contributed by atoms with Gasteiger partial charge in [0.15, 0.2) is 6.29 Å². The molecule has 0 spiro atoms. The maximum atomic E-state index is 10.7. The average Bonchev–Trinajstić information content (AvgIpc) is 2.76. The average molecular weight is 251 g/mol. The van der Waals surface area contributed by atoms with Gasteiger partial charge >= 0.3 is 0 Å². The zero-order valence-electron chi connectivity index (χ0n) is 10.9. The van der Waals surface area contributed by atoms with Crippen molar-refractivity contribution in [3.63, 3.8) is 0 Å². The van der Waals surface area contributed by atoms with Crippen molar-refractivity contribution in [1.29, 1.82) is 0 Å². The molecule has 1 saturated carbocycles. The van der Waals surface area contributed by atoms with Crippen LogP contribution in [0.3, 0.4) is 0 Å². The summed E-state index contributed by atoms with van der Waals surface area (Å²) in [4.78, 5) is 13.9. The van der Waals surface area contributed by atoms with Crippen LogP contribution < -0.4 is 4.90 Å². The van der Waals surface area contributed by atoms with Crippen LogP contribution in [0.25, 0.3) is 0 Å². The number of carbonyl (C=O) groups is 1. The summed E-state index contributed by atoms with van der Waals surface area (Å²) in [5.41, 5.74) is 0.515. The Morgan fingerprint density at radius 1 is 1.35 bits per heavy atom. The van der Waals surface area contributed by atoms with E-state index in [1.54, 1.807) is 11.3 Å². The third-order valence-electron chi connectivity index (χ3n) is 3.93. The molecular formula is C14H21NOS. The lowest BCUT2D eigenvalue weighted by atomic mass is 9.75. The lowest BCUT2D eigenvalue weighted by Gasteiger charge is -2.39. The number of carbonyl (C=O) groups excluding carboxylic acids is 1. The minimum Gasteiger partial charge on any atom is -0.364 e. The summed E-state index contributed by atoms with van der Waals surface area (Å²) < 4.78 is 0. The number of rotatable bonds is 3. The van der Waals surface area contributed by atoms with E-state index in [4.69, 9.17) is 0 Å². The van der Waals surface area contributed by atoms with E-state index in [0.717, 1.165) is 11.2 Å². The third kappa shape index (κ3) is 2.89. The van der Waals surface area contributed by atoms with E-state index in [9.17, 15) is 4.79 Å². The molecule has 1 aromatic heterocycles. The predicted molar refractivity (Wildman–Crippen MR) is 74.1 cm³/mol. The second-order valence-corrected chi connectivity index (χ2v) is 6.89. The molecule has 1 fully saturated rings. The molecule has 1 aliphatic carbocycles. The van der Waals surface area contributed by atoms with Gasteiger partial charge in [-0.15, -0.1) is 11.3 Å². The van der Waals surface area contributed by atoms with E-state index in [1.165, 1.54) is 30.7 Å². The van der Waals surface area contributed by atoms with E-state index in [-0.39, 0.29) is 0 Å². The lowest BCUT2D eigenvalue weighted by molar-refractivity contribution is 0.112. The zero-order chi connectivity index (χ0) is 12.5. The first-order chi connectivity index (χ1) is 8.02. The molecule has 2 rings (SSSR count). The van der Waals surface area contributed by atoms with Crippen molar-refractivity contribution in [1.82, 2.24) is 0 Å². The fourth-order valence-corrected chi connectivity index (χ4v) is 3.40. The quantitative estimate of drug-likeness (QED) is 0.758. The predicted octanol–water partition coefficient (Wildman–Crippen LogP) is 3.97. The highest BCUT2D eigenvalue weighted by atomic mass is 32.1. The first-order valence-electron chi connectivity index (χ1n) is 6.30. The van der Waals surface area contributed by atoms with Gasteiger partial charge in [0.1, 0.15) is 0 Å². The highest BCUT2D eigenvalue weighted by Gasteiger charge is 2.29. The van der Waals surface area contributed by atoms with Crippen molar-refractivity contribution in [2.75, 3.05) is 11.9 Å². The number of thiophene rings is 1. The summed E-state index contributed by atoms with van der Waals surface area (Å²) in [6, 6.07) is 4.62. The van der Waals surface area contributed by atoms with Crippen LogP contribution in [0.15, 0.2) is 12.1 Å². The van der Waals surface area contributed by atoms with Gasteiger partial charge in [-0.2, -0.15) is 0 Å². The third-order valence-corrected chi connectivity index (χ3v) is 5.03. The van der Waals surface area contributed by atoms with E-state index >= 15 is 0 Å². The molecule has 1 aromatic rings. The first kappa shape index (κ1) is 12.6. The van der Waals surface area contributed by atoms with Gasteiger partial charge in [0, 0.05) is 13.1 Å². The fraction of sp³-hybridized carbons (Fsp3) is 0.643. The standard InChI is InChI=1S/C14H21NOS/c1-14(2)8-6-11(7-9-14)15(3)13-5-4-12(10-16)17-13/h4-5,10-11H,6-9H2,1-3H3. The normalized spacial score (nSPS) is 20.2. The number of hydrogen-bond acceptors (Lipinski definition) is 3. The second-order valence-electron chi connectivity index (χ2n) is 5.80. The first-order valence-corrected chi connectivity index (χ1v) is 7.11. The molecule has 1 aliphatic rings. The molecule has 0 bridgehead atoms. The van der Waals surface area contributed by atoms with Crippen LogP contribution in [0.4, 0.5) is 5.00 Å². The zero-order valence-corrected chi connectivity index (χ0v) is 11.7. The highest BCUT2D eigenvalue weighted by molar-refractivity contribution is 7.17. The van der Waals surface area contributed by atoms with Crippen LogP contribution in [0.1, 0.15) is 49.2 Å². The molecule has 0 unspecified atom stereocenters. The summed E-state index contributed by atoms with van der Waals surface area (Å²) >= 11 is 1.59. The summed E-state index contributed by atoms with van der Waals surface area (Å²) in [5, 5.41) is 1.22. The minimum atomic E-state index is 0.515. The second kappa shape index (κ2) is 4.81. The van der Waals surface area contributed by atoms with Gasteiger partial charge in [-0.3, -0.25) is 4.79 Å². The van der Waals surface area contributed by atoms with Gasteiger partial charge in [-0.05, 0) is 43.2 Å². The summed E-state index contributed by atoms with van der Waals surface area (Å²) in [6.07, 6.45) is 6.06. The van der Waals surface area contributed by atoms with Gasteiger partial charge in [0.25, 0.3) is 0 Å². The Hall–Kier alpha value is -0.830. The van der Waals surface area contributed by atoms with Crippen LogP contribution in [0, 0.1) is 5.41 Å². The van der Waals surface area contributed by atoms with Crippen LogP contribution in [-0.4, -0.2) is 19.4 Å². The largest absolute Gasteiger partial charge is 0.364 e. The molecule has 3 heteroatoms. The minimum absolute atomic E-state index is 0.515. The topological polar surface area (TPSA) is 20.3 Å². The van der Waals surface area contributed by atoms with Gasteiger partial charge in [0.05, 0.1) is 9.88 Å². The number of nitrogens with zero attached hydrogens (tertiary/aromatic N) is 1. The monoisotopic (exact) mass is 251 g/mol. The molecule has 0 atom stereocenters. The number of aldehydes is 1. The SMILES string of the molecule is CN(c1ccc(C=O)s1)C1CCC(C)(C)CC1. The van der Waals surface area contributed by atoms with Crippen LogP contribution in [0.5, 0.6) is 0 Å². The van der Waals surface area contributed by atoms with E-state index in [2.05, 4.69) is 31.9 Å². The maximum absolute atomic E-state index is 10.7. The molecule has 2 nitrogen and oxygen atoms in total. The Morgan fingerprint density at radius 3 is 2.53 bits per heavy atom. The molecule has 1 heterocycles. The lowest BCUT2D eigenvalue weighted by Crippen LogP contribution is -2.36. The molecule has 0 saturated heterocycles. The van der Waals surface area contributed by atoms with Gasteiger partial charge in [0.2, 0.25) is 0 Å². The molecule has 0 N–H and O–H groups in total. The van der Waals surface area contributed by atoms with E-state index < -0.39 is 0 Å². The Morgan fingerprint density at radius 2 is 2.00 bits per heavy atom. The Bertz CT molecular complexity index is 387. The molecule has 0 aromatic carbocycles. The van der Waals surface area contributed by atoms with Gasteiger partial charge in [-0.1, -0.05) is 13.8 Å². The summed E-state index contributed by atoms with van der Waals surface area (Å²) in [6.45, 7) is 4.72. The van der Waals surface area contributed by atoms with Crippen molar-refractivity contribution in [3.8, 4) is 0 Å². The molecule has 17 heavy (non-hydrogen) atoms. The molecule has 0 amide bonds. The van der Waals surface area contributed by atoms with Crippen LogP contribution >= 0.6 is 11.3 Å². The molecular weight excluding hydrogens is 230 g/mol. The van der Waals surface area contributed by atoms with Crippen LogP contribution in [-0.2, 0) is 0 Å². The van der Waals surface area contributed by atoms with Crippen molar-refractivity contribution < 1.29 is 4.79 Å². The maximum Gasteiger partial charge on any atom is 0.160 e. The Balaban J connectivity index is 2.01. The Labute approximate surface area is 108 Å².